The normalized spacial score (nSPS) is 17.5. The maximum absolute atomic E-state index is 12.4. The molecule has 1 fully saturated rings. The Balaban J connectivity index is 1.53. The van der Waals surface area contributed by atoms with Crippen LogP contribution in [-0.2, 0) is 4.79 Å². The summed E-state index contributed by atoms with van der Waals surface area (Å²) in [5, 5.41) is 0. The number of hydrogen-bond donors (Lipinski definition) is 0. The number of Topliss-reactive ketones (excluding diaryl/α,β-unsaturated/α-hetero) is 1. The highest BCUT2D eigenvalue weighted by molar-refractivity contribution is 6.01. The second-order valence-electron chi connectivity index (χ2n) is 8.22. The lowest BCUT2D eigenvalue weighted by Crippen LogP contribution is -2.18. The summed E-state index contributed by atoms with van der Waals surface area (Å²) in [6, 6.07) is 14.3. The Bertz CT molecular complexity index is 894. The summed E-state index contributed by atoms with van der Waals surface area (Å²) >= 11 is 0. The molecule has 3 rings (SSSR count). The molecule has 0 saturated heterocycles. The van der Waals surface area contributed by atoms with Crippen molar-refractivity contribution in [3.8, 4) is 11.5 Å². The van der Waals surface area contributed by atoms with Crippen LogP contribution in [0.5, 0.6) is 11.5 Å². The standard InChI is InChI=1S/C27H32O4/c1-3-4-5-6-18-30-24-16-12-22(13-17-24)27(29)31-25-14-10-21(11-15-25)19-23-9-7-8-20(2)26(23)28/h10-17,19-20H,3-9,18H2,1-2H3/b23-19-. The van der Waals surface area contributed by atoms with Gasteiger partial charge in [0.25, 0.3) is 0 Å². The Morgan fingerprint density at radius 3 is 2.42 bits per heavy atom. The van der Waals surface area contributed by atoms with Gasteiger partial charge in [-0.05, 0) is 79.3 Å². The van der Waals surface area contributed by atoms with Crippen molar-refractivity contribution < 1.29 is 19.1 Å². The first kappa shape index (κ1) is 22.8. The highest BCUT2D eigenvalue weighted by Gasteiger charge is 2.22. The third-order valence-electron chi connectivity index (χ3n) is 5.64. The van der Waals surface area contributed by atoms with Gasteiger partial charge >= 0.3 is 5.97 Å². The molecule has 0 heterocycles. The van der Waals surface area contributed by atoms with Gasteiger partial charge < -0.3 is 9.47 Å². The minimum absolute atomic E-state index is 0.109. The van der Waals surface area contributed by atoms with Crippen molar-refractivity contribution in [1.29, 1.82) is 0 Å². The Morgan fingerprint density at radius 1 is 1.00 bits per heavy atom. The number of hydrogen-bond acceptors (Lipinski definition) is 4. The van der Waals surface area contributed by atoms with Crippen molar-refractivity contribution in [3.63, 3.8) is 0 Å². The highest BCUT2D eigenvalue weighted by Crippen LogP contribution is 2.27. The van der Waals surface area contributed by atoms with Crippen molar-refractivity contribution in [2.45, 2.75) is 58.8 Å². The number of ether oxygens (including phenoxy) is 2. The van der Waals surface area contributed by atoms with Crippen molar-refractivity contribution in [1.82, 2.24) is 0 Å². The van der Waals surface area contributed by atoms with E-state index in [2.05, 4.69) is 6.92 Å². The average Bonchev–Trinajstić information content (AvgIpc) is 2.78. The van der Waals surface area contributed by atoms with Crippen LogP contribution < -0.4 is 9.47 Å². The Kier molecular flexibility index (Phi) is 8.45. The van der Waals surface area contributed by atoms with E-state index in [1.807, 2.05) is 25.1 Å². The van der Waals surface area contributed by atoms with E-state index in [9.17, 15) is 9.59 Å². The first-order valence-electron chi connectivity index (χ1n) is 11.4. The van der Waals surface area contributed by atoms with Crippen molar-refractivity contribution in [2.24, 2.45) is 5.92 Å². The number of ketones is 1. The smallest absolute Gasteiger partial charge is 0.343 e. The molecule has 2 aromatic carbocycles. The Morgan fingerprint density at radius 2 is 1.71 bits per heavy atom. The minimum Gasteiger partial charge on any atom is -0.494 e. The molecule has 2 aromatic rings. The molecule has 4 heteroatoms. The predicted octanol–water partition coefficient (Wildman–Crippen LogP) is 6.64. The van der Waals surface area contributed by atoms with E-state index in [-0.39, 0.29) is 11.7 Å². The monoisotopic (exact) mass is 420 g/mol. The molecule has 0 radical (unpaired) electrons. The molecule has 0 aliphatic heterocycles. The van der Waals surface area contributed by atoms with Gasteiger partial charge in [-0.15, -0.1) is 0 Å². The van der Waals surface area contributed by atoms with Crippen LogP contribution in [0.3, 0.4) is 0 Å². The fraction of sp³-hybridized carbons (Fsp3) is 0.407. The van der Waals surface area contributed by atoms with E-state index in [4.69, 9.17) is 9.47 Å². The lowest BCUT2D eigenvalue weighted by Gasteiger charge is -2.19. The third-order valence-corrected chi connectivity index (χ3v) is 5.64. The predicted molar refractivity (Wildman–Crippen MR) is 123 cm³/mol. The molecule has 0 spiro atoms. The first-order chi connectivity index (χ1) is 15.1. The van der Waals surface area contributed by atoms with Gasteiger partial charge in [0, 0.05) is 5.92 Å². The molecule has 1 aliphatic carbocycles. The lowest BCUT2D eigenvalue weighted by atomic mass is 9.84. The van der Waals surface area contributed by atoms with Gasteiger partial charge in [0.05, 0.1) is 12.2 Å². The molecule has 0 aromatic heterocycles. The van der Waals surface area contributed by atoms with Gasteiger partial charge in [-0.1, -0.05) is 45.2 Å². The number of rotatable bonds is 9. The third kappa shape index (κ3) is 6.81. The fourth-order valence-corrected chi connectivity index (χ4v) is 3.72. The van der Waals surface area contributed by atoms with Crippen LogP contribution in [0.4, 0.5) is 0 Å². The summed E-state index contributed by atoms with van der Waals surface area (Å²) < 4.78 is 11.2. The first-order valence-corrected chi connectivity index (χ1v) is 11.4. The molecule has 4 nitrogen and oxygen atoms in total. The molecular weight excluding hydrogens is 388 g/mol. The molecule has 164 valence electrons. The summed E-state index contributed by atoms with van der Waals surface area (Å²) in [5.74, 6) is 1.19. The maximum atomic E-state index is 12.4. The molecule has 31 heavy (non-hydrogen) atoms. The molecular formula is C27H32O4. The molecule has 0 amide bonds. The Labute approximate surface area is 185 Å². The van der Waals surface area contributed by atoms with Crippen LogP contribution in [0.15, 0.2) is 54.1 Å². The average molecular weight is 421 g/mol. The second-order valence-corrected chi connectivity index (χ2v) is 8.22. The van der Waals surface area contributed by atoms with E-state index in [1.165, 1.54) is 19.3 Å². The molecule has 1 saturated carbocycles. The van der Waals surface area contributed by atoms with Gasteiger partial charge in [0.2, 0.25) is 0 Å². The number of benzene rings is 2. The number of carbonyl (C=O) groups is 2. The van der Waals surface area contributed by atoms with Crippen LogP contribution in [0, 0.1) is 5.92 Å². The van der Waals surface area contributed by atoms with Gasteiger partial charge in [-0.25, -0.2) is 4.79 Å². The highest BCUT2D eigenvalue weighted by atomic mass is 16.5. The van der Waals surface area contributed by atoms with Crippen molar-refractivity contribution >= 4 is 17.8 Å². The second kappa shape index (κ2) is 11.5. The number of unbranched alkanes of at least 4 members (excludes halogenated alkanes) is 3. The summed E-state index contributed by atoms with van der Waals surface area (Å²) in [6.07, 6.45) is 9.45. The summed E-state index contributed by atoms with van der Waals surface area (Å²) in [7, 11) is 0. The van der Waals surface area contributed by atoms with Crippen molar-refractivity contribution in [2.75, 3.05) is 6.61 Å². The number of carbonyl (C=O) groups excluding carboxylic acids is 2. The van der Waals surface area contributed by atoms with Gasteiger partial charge in [-0.3, -0.25) is 4.79 Å². The topological polar surface area (TPSA) is 52.6 Å². The number of esters is 1. The number of allylic oxidation sites excluding steroid dienone is 1. The van der Waals surface area contributed by atoms with Crippen LogP contribution >= 0.6 is 0 Å². The van der Waals surface area contributed by atoms with Crippen molar-refractivity contribution in [3.05, 3.63) is 65.2 Å². The van der Waals surface area contributed by atoms with Crippen LogP contribution in [-0.4, -0.2) is 18.4 Å². The zero-order valence-electron chi connectivity index (χ0n) is 18.6. The van der Waals surface area contributed by atoms with Gasteiger partial charge in [-0.2, -0.15) is 0 Å². The van der Waals surface area contributed by atoms with Gasteiger partial charge in [0.15, 0.2) is 5.78 Å². The van der Waals surface area contributed by atoms with Crippen LogP contribution in [0.1, 0.15) is 74.7 Å². The molecule has 0 bridgehead atoms. The Hall–Kier alpha value is -2.88. The summed E-state index contributed by atoms with van der Waals surface area (Å²) in [4.78, 5) is 24.7. The molecule has 1 unspecified atom stereocenters. The van der Waals surface area contributed by atoms with Crippen LogP contribution in [0.25, 0.3) is 6.08 Å². The quantitative estimate of drug-likeness (QED) is 0.197. The maximum Gasteiger partial charge on any atom is 0.343 e. The molecule has 1 aliphatic rings. The van der Waals surface area contributed by atoms with E-state index < -0.39 is 5.97 Å². The van der Waals surface area contributed by atoms with E-state index in [0.29, 0.717) is 17.9 Å². The van der Waals surface area contributed by atoms with E-state index in [0.717, 1.165) is 42.6 Å². The van der Waals surface area contributed by atoms with E-state index in [1.54, 1.807) is 36.4 Å². The van der Waals surface area contributed by atoms with Crippen LogP contribution in [0.2, 0.25) is 0 Å². The summed E-state index contributed by atoms with van der Waals surface area (Å²) in [6.45, 7) is 4.87. The molecule has 1 atom stereocenters. The van der Waals surface area contributed by atoms with Gasteiger partial charge in [0.1, 0.15) is 11.5 Å². The lowest BCUT2D eigenvalue weighted by molar-refractivity contribution is -0.119. The minimum atomic E-state index is -0.406. The largest absolute Gasteiger partial charge is 0.494 e. The van der Waals surface area contributed by atoms with E-state index >= 15 is 0 Å². The molecule has 0 N–H and O–H groups in total. The SMILES string of the molecule is CCCCCCOc1ccc(C(=O)Oc2ccc(/C=C3/CCCC(C)C3=O)cc2)cc1. The zero-order chi connectivity index (χ0) is 22.1. The fourth-order valence-electron chi connectivity index (χ4n) is 3.72. The summed E-state index contributed by atoms with van der Waals surface area (Å²) in [5.41, 5.74) is 2.31. The zero-order valence-corrected chi connectivity index (χ0v) is 18.6.